The summed E-state index contributed by atoms with van der Waals surface area (Å²) in [6, 6.07) is 11.5. The first kappa shape index (κ1) is 16.7. The number of allylic oxidation sites excluding steroid dienone is 1. The molecule has 0 N–H and O–H groups in total. The second-order valence-corrected chi connectivity index (χ2v) is 6.52. The van der Waals surface area contributed by atoms with Crippen LogP contribution in [0.15, 0.2) is 65.1 Å². The minimum Gasteiger partial charge on any atom is -0.283 e. The Morgan fingerprint density at radius 1 is 1.29 bits per heavy atom. The van der Waals surface area contributed by atoms with E-state index in [1.807, 2.05) is 0 Å². The van der Waals surface area contributed by atoms with Crippen molar-refractivity contribution in [3.63, 3.8) is 0 Å². The van der Waals surface area contributed by atoms with Gasteiger partial charge in [-0.25, -0.2) is 9.37 Å². The number of thioether (sulfide) groups is 1. The lowest BCUT2D eigenvalue weighted by molar-refractivity contribution is 0.617. The van der Waals surface area contributed by atoms with Gasteiger partial charge in [0.1, 0.15) is 5.82 Å². The highest BCUT2D eigenvalue weighted by molar-refractivity contribution is 7.98. The molecule has 0 spiro atoms. The lowest BCUT2D eigenvalue weighted by atomic mass is 10.2. The van der Waals surface area contributed by atoms with Crippen LogP contribution >= 0.6 is 23.4 Å². The van der Waals surface area contributed by atoms with Crippen LogP contribution in [0.1, 0.15) is 5.56 Å². The molecule has 0 saturated heterocycles. The zero-order valence-electron chi connectivity index (χ0n) is 12.7. The largest absolute Gasteiger partial charge is 0.283 e. The van der Waals surface area contributed by atoms with Crippen molar-refractivity contribution < 1.29 is 4.39 Å². The fourth-order valence-electron chi connectivity index (χ4n) is 2.33. The Labute approximate surface area is 147 Å². The van der Waals surface area contributed by atoms with Crippen LogP contribution in [0.3, 0.4) is 0 Å². The summed E-state index contributed by atoms with van der Waals surface area (Å²) < 4.78 is 15.3. The molecule has 0 aliphatic heterocycles. The summed E-state index contributed by atoms with van der Waals surface area (Å²) in [6.45, 7) is 4.02. The smallest absolute Gasteiger partial charge is 0.262 e. The minimum atomic E-state index is -0.272. The third kappa shape index (κ3) is 3.37. The monoisotopic (exact) mass is 360 g/mol. The predicted molar refractivity (Wildman–Crippen MR) is 97.2 cm³/mol. The van der Waals surface area contributed by atoms with Crippen LogP contribution in [0.5, 0.6) is 0 Å². The first-order chi connectivity index (χ1) is 11.6. The number of hydrogen-bond acceptors (Lipinski definition) is 3. The van der Waals surface area contributed by atoms with Gasteiger partial charge in [0, 0.05) is 17.3 Å². The average Bonchev–Trinajstić information content (AvgIpc) is 2.57. The van der Waals surface area contributed by atoms with Gasteiger partial charge < -0.3 is 0 Å². The third-order valence-corrected chi connectivity index (χ3v) is 4.77. The SMILES string of the molecule is C=CCn1c(SCc2ccccc2F)nc2cc(Cl)ccc2c1=O. The topological polar surface area (TPSA) is 34.9 Å². The molecule has 0 aliphatic carbocycles. The molecular weight excluding hydrogens is 347 g/mol. The molecular formula is C18H14ClFN2OS. The summed E-state index contributed by atoms with van der Waals surface area (Å²) in [5, 5.41) is 1.52. The molecule has 6 heteroatoms. The van der Waals surface area contributed by atoms with Crippen molar-refractivity contribution in [2.45, 2.75) is 17.5 Å². The fraction of sp³-hybridized carbons (Fsp3) is 0.111. The van der Waals surface area contributed by atoms with Crippen LogP contribution in [-0.4, -0.2) is 9.55 Å². The summed E-state index contributed by atoms with van der Waals surface area (Å²) in [6.07, 6.45) is 1.64. The van der Waals surface area contributed by atoms with E-state index in [2.05, 4.69) is 11.6 Å². The van der Waals surface area contributed by atoms with Crippen molar-refractivity contribution in [2.75, 3.05) is 0 Å². The van der Waals surface area contributed by atoms with E-state index in [0.29, 0.717) is 38.9 Å². The van der Waals surface area contributed by atoms with E-state index < -0.39 is 0 Å². The molecule has 3 rings (SSSR count). The Morgan fingerprint density at radius 3 is 2.83 bits per heavy atom. The summed E-state index contributed by atoms with van der Waals surface area (Å²) in [7, 11) is 0. The highest BCUT2D eigenvalue weighted by Gasteiger charge is 2.12. The molecule has 0 amide bonds. The molecule has 3 nitrogen and oxygen atoms in total. The Bertz CT molecular complexity index is 971. The van der Waals surface area contributed by atoms with E-state index in [1.54, 1.807) is 42.5 Å². The van der Waals surface area contributed by atoms with Gasteiger partial charge in [0.25, 0.3) is 5.56 Å². The number of nitrogens with zero attached hydrogens (tertiary/aromatic N) is 2. The standard InChI is InChI=1S/C18H14ClFN2OS/c1-2-9-22-17(23)14-8-7-13(19)10-16(14)21-18(22)24-11-12-5-3-4-6-15(12)20/h2-8,10H,1,9,11H2. The predicted octanol–water partition coefficient (Wildman–Crippen LogP) is 4.67. The second-order valence-electron chi connectivity index (χ2n) is 5.14. The summed E-state index contributed by atoms with van der Waals surface area (Å²) >= 11 is 7.31. The van der Waals surface area contributed by atoms with E-state index in [9.17, 15) is 9.18 Å². The highest BCUT2D eigenvalue weighted by atomic mass is 35.5. The molecule has 0 atom stereocenters. The Balaban J connectivity index is 2.05. The van der Waals surface area contributed by atoms with Crippen molar-refractivity contribution in [3.8, 4) is 0 Å². The maximum absolute atomic E-state index is 13.8. The second kappa shape index (κ2) is 7.20. The Hall–Kier alpha value is -2.11. The minimum absolute atomic E-state index is 0.160. The number of rotatable bonds is 5. The highest BCUT2D eigenvalue weighted by Crippen LogP contribution is 2.24. The lowest BCUT2D eigenvalue weighted by Gasteiger charge is -2.12. The summed E-state index contributed by atoms with van der Waals surface area (Å²) in [4.78, 5) is 17.2. The molecule has 0 unspecified atom stereocenters. The van der Waals surface area contributed by atoms with E-state index in [0.717, 1.165) is 0 Å². The van der Waals surface area contributed by atoms with Crippen LogP contribution in [0, 0.1) is 5.82 Å². The quantitative estimate of drug-likeness (QED) is 0.377. The molecule has 122 valence electrons. The Morgan fingerprint density at radius 2 is 2.08 bits per heavy atom. The molecule has 0 saturated carbocycles. The first-order valence-electron chi connectivity index (χ1n) is 7.27. The van der Waals surface area contributed by atoms with E-state index in [-0.39, 0.29) is 11.4 Å². The number of aromatic nitrogens is 2. The molecule has 0 aliphatic rings. The molecule has 1 aromatic heterocycles. The zero-order valence-corrected chi connectivity index (χ0v) is 14.3. The molecule has 0 bridgehead atoms. The molecule has 3 aromatic rings. The molecule has 2 aromatic carbocycles. The van der Waals surface area contributed by atoms with Gasteiger partial charge in [-0.05, 0) is 29.8 Å². The zero-order chi connectivity index (χ0) is 17.1. The van der Waals surface area contributed by atoms with Crippen LogP contribution in [0.25, 0.3) is 10.9 Å². The maximum Gasteiger partial charge on any atom is 0.262 e. The average molecular weight is 361 g/mol. The van der Waals surface area contributed by atoms with Gasteiger partial charge >= 0.3 is 0 Å². The summed E-state index contributed by atoms with van der Waals surface area (Å²) in [5.74, 6) is 0.106. The lowest BCUT2D eigenvalue weighted by Crippen LogP contribution is -2.22. The van der Waals surface area contributed by atoms with Crippen LogP contribution < -0.4 is 5.56 Å². The number of benzene rings is 2. The van der Waals surface area contributed by atoms with Gasteiger partial charge in [-0.3, -0.25) is 9.36 Å². The van der Waals surface area contributed by atoms with Gasteiger partial charge in [0.15, 0.2) is 5.16 Å². The van der Waals surface area contributed by atoms with Gasteiger partial charge in [-0.15, -0.1) is 6.58 Å². The van der Waals surface area contributed by atoms with Crippen LogP contribution in [0.4, 0.5) is 4.39 Å². The van der Waals surface area contributed by atoms with Crippen molar-refractivity contribution in [2.24, 2.45) is 0 Å². The summed E-state index contributed by atoms with van der Waals surface area (Å²) in [5.41, 5.74) is 0.935. The van der Waals surface area contributed by atoms with Gasteiger partial charge in [-0.2, -0.15) is 0 Å². The molecule has 24 heavy (non-hydrogen) atoms. The molecule has 0 radical (unpaired) electrons. The third-order valence-electron chi connectivity index (χ3n) is 3.51. The first-order valence-corrected chi connectivity index (χ1v) is 8.63. The number of hydrogen-bond donors (Lipinski definition) is 0. The van der Waals surface area contributed by atoms with E-state index in [1.165, 1.54) is 22.4 Å². The van der Waals surface area contributed by atoms with Crippen molar-refractivity contribution in [3.05, 3.63) is 81.9 Å². The maximum atomic E-state index is 13.8. The van der Waals surface area contributed by atoms with Crippen molar-refractivity contribution >= 4 is 34.3 Å². The normalized spacial score (nSPS) is 10.9. The van der Waals surface area contributed by atoms with Crippen molar-refractivity contribution in [1.82, 2.24) is 9.55 Å². The molecule has 0 fully saturated rings. The Kier molecular flexibility index (Phi) is 5.02. The van der Waals surface area contributed by atoms with Gasteiger partial charge in [0.05, 0.1) is 10.9 Å². The van der Waals surface area contributed by atoms with E-state index in [4.69, 9.17) is 11.6 Å². The fourth-order valence-corrected chi connectivity index (χ4v) is 3.49. The molecule has 1 heterocycles. The van der Waals surface area contributed by atoms with Gasteiger partial charge in [0.2, 0.25) is 0 Å². The van der Waals surface area contributed by atoms with Crippen LogP contribution in [-0.2, 0) is 12.3 Å². The van der Waals surface area contributed by atoms with Crippen molar-refractivity contribution in [1.29, 1.82) is 0 Å². The number of fused-ring (bicyclic) bond motifs is 1. The van der Waals surface area contributed by atoms with Gasteiger partial charge in [-0.1, -0.05) is 47.6 Å². The van der Waals surface area contributed by atoms with Crippen LogP contribution in [0.2, 0.25) is 5.02 Å². The van der Waals surface area contributed by atoms with E-state index >= 15 is 0 Å². The number of halogens is 2.